The minimum absolute atomic E-state index is 0.0287. The molecule has 0 aliphatic rings. The SMILES string of the molecule is Cc1ccc(CO)cc1NC(=O)/C=C/c1cccc([N+](=O)[O-])c1. The molecule has 0 heterocycles. The first-order chi connectivity index (χ1) is 11.0. The maximum Gasteiger partial charge on any atom is 0.270 e. The molecule has 0 aromatic heterocycles. The third kappa shape index (κ3) is 4.49. The Morgan fingerprint density at radius 2 is 2.09 bits per heavy atom. The van der Waals surface area contributed by atoms with Crippen molar-refractivity contribution in [2.45, 2.75) is 13.5 Å². The number of nitro groups is 1. The molecule has 0 bridgehead atoms. The maximum atomic E-state index is 12.0. The topological polar surface area (TPSA) is 92.5 Å². The summed E-state index contributed by atoms with van der Waals surface area (Å²) in [7, 11) is 0. The second-order valence-electron chi connectivity index (χ2n) is 4.98. The van der Waals surface area contributed by atoms with Gasteiger partial charge in [0, 0.05) is 23.9 Å². The summed E-state index contributed by atoms with van der Waals surface area (Å²) in [6.07, 6.45) is 2.82. The van der Waals surface area contributed by atoms with Crippen LogP contribution in [0.5, 0.6) is 0 Å². The Bertz CT molecular complexity index is 769. The molecule has 23 heavy (non-hydrogen) atoms. The zero-order valence-corrected chi connectivity index (χ0v) is 12.5. The predicted octanol–water partition coefficient (Wildman–Crippen LogP) is 3.05. The number of carbonyl (C=O) groups excluding carboxylic acids is 1. The van der Waals surface area contributed by atoms with Gasteiger partial charge in [-0.05, 0) is 35.8 Å². The molecule has 2 N–H and O–H groups in total. The van der Waals surface area contributed by atoms with E-state index in [2.05, 4.69) is 5.32 Å². The summed E-state index contributed by atoms with van der Waals surface area (Å²) in [6.45, 7) is 1.74. The van der Waals surface area contributed by atoms with Gasteiger partial charge in [-0.25, -0.2) is 0 Å². The maximum absolute atomic E-state index is 12.0. The summed E-state index contributed by atoms with van der Waals surface area (Å²) >= 11 is 0. The van der Waals surface area contributed by atoms with Crippen LogP contribution in [0.2, 0.25) is 0 Å². The first-order valence-corrected chi connectivity index (χ1v) is 6.93. The van der Waals surface area contributed by atoms with E-state index >= 15 is 0 Å². The highest BCUT2D eigenvalue weighted by atomic mass is 16.6. The number of nitro benzene ring substituents is 1. The van der Waals surface area contributed by atoms with Crippen LogP contribution in [0.3, 0.4) is 0 Å². The molecule has 1 amide bonds. The Hall–Kier alpha value is -2.99. The number of non-ortho nitro benzene ring substituents is 1. The van der Waals surface area contributed by atoms with Crippen LogP contribution < -0.4 is 5.32 Å². The van der Waals surface area contributed by atoms with Crippen molar-refractivity contribution in [3.63, 3.8) is 0 Å². The van der Waals surface area contributed by atoms with Crippen molar-refractivity contribution in [3.05, 3.63) is 75.3 Å². The van der Waals surface area contributed by atoms with Crippen molar-refractivity contribution >= 4 is 23.4 Å². The molecule has 0 aliphatic carbocycles. The Balaban J connectivity index is 2.10. The normalized spacial score (nSPS) is 10.7. The fraction of sp³-hybridized carbons (Fsp3) is 0.118. The summed E-state index contributed by atoms with van der Waals surface area (Å²) in [5.74, 6) is -0.352. The van der Waals surface area contributed by atoms with Crippen LogP contribution in [-0.4, -0.2) is 15.9 Å². The van der Waals surface area contributed by atoms with E-state index in [0.29, 0.717) is 16.8 Å². The van der Waals surface area contributed by atoms with Gasteiger partial charge < -0.3 is 10.4 Å². The van der Waals surface area contributed by atoms with Crippen LogP contribution in [-0.2, 0) is 11.4 Å². The van der Waals surface area contributed by atoms with Crippen molar-refractivity contribution in [2.24, 2.45) is 0 Å². The van der Waals surface area contributed by atoms with Gasteiger partial charge in [-0.3, -0.25) is 14.9 Å². The first-order valence-electron chi connectivity index (χ1n) is 6.93. The molecule has 0 fully saturated rings. The number of nitrogens with zero attached hydrogens (tertiary/aromatic N) is 1. The highest BCUT2D eigenvalue weighted by molar-refractivity contribution is 6.02. The van der Waals surface area contributed by atoms with E-state index in [0.717, 1.165) is 5.56 Å². The molecule has 0 saturated carbocycles. The highest BCUT2D eigenvalue weighted by Crippen LogP contribution is 2.17. The predicted molar refractivity (Wildman–Crippen MR) is 87.9 cm³/mol. The van der Waals surface area contributed by atoms with Gasteiger partial charge in [-0.1, -0.05) is 24.3 Å². The fourth-order valence-corrected chi connectivity index (χ4v) is 1.99. The van der Waals surface area contributed by atoms with Crippen LogP contribution >= 0.6 is 0 Å². The monoisotopic (exact) mass is 312 g/mol. The summed E-state index contributed by atoms with van der Waals surface area (Å²) < 4.78 is 0. The number of hydrogen-bond donors (Lipinski definition) is 2. The van der Waals surface area contributed by atoms with E-state index in [1.165, 1.54) is 24.3 Å². The zero-order valence-electron chi connectivity index (χ0n) is 12.5. The van der Waals surface area contributed by atoms with Crippen molar-refractivity contribution in [1.82, 2.24) is 0 Å². The minimum Gasteiger partial charge on any atom is -0.392 e. The average Bonchev–Trinajstić information content (AvgIpc) is 2.55. The lowest BCUT2D eigenvalue weighted by atomic mass is 10.1. The second kappa shape index (κ2) is 7.33. The van der Waals surface area contributed by atoms with Crippen molar-refractivity contribution in [3.8, 4) is 0 Å². The largest absolute Gasteiger partial charge is 0.392 e. The summed E-state index contributed by atoms with van der Waals surface area (Å²) in [4.78, 5) is 22.2. The van der Waals surface area contributed by atoms with Gasteiger partial charge in [0.25, 0.3) is 5.69 Å². The summed E-state index contributed by atoms with van der Waals surface area (Å²) in [5.41, 5.74) is 2.73. The summed E-state index contributed by atoms with van der Waals surface area (Å²) in [5, 5.41) is 22.6. The standard InChI is InChI=1S/C17H16N2O4/c1-12-5-6-14(11-20)10-16(12)18-17(21)8-7-13-3-2-4-15(9-13)19(22)23/h2-10,20H,11H2,1H3,(H,18,21)/b8-7+. The highest BCUT2D eigenvalue weighted by Gasteiger charge is 2.05. The van der Waals surface area contributed by atoms with Crippen LogP contribution in [0, 0.1) is 17.0 Å². The van der Waals surface area contributed by atoms with Gasteiger partial charge in [-0.2, -0.15) is 0 Å². The van der Waals surface area contributed by atoms with E-state index in [-0.39, 0.29) is 18.2 Å². The molecule has 0 aliphatic heterocycles. The van der Waals surface area contributed by atoms with E-state index in [9.17, 15) is 14.9 Å². The Kier molecular flexibility index (Phi) is 5.22. The number of hydrogen-bond acceptors (Lipinski definition) is 4. The second-order valence-corrected chi connectivity index (χ2v) is 4.98. The van der Waals surface area contributed by atoms with E-state index in [1.807, 2.05) is 13.0 Å². The molecule has 2 rings (SSSR count). The van der Waals surface area contributed by atoms with Crippen LogP contribution in [0.4, 0.5) is 11.4 Å². The van der Waals surface area contributed by atoms with Crippen LogP contribution in [0.15, 0.2) is 48.5 Å². The lowest BCUT2D eigenvalue weighted by Gasteiger charge is -2.08. The molecule has 0 radical (unpaired) electrons. The number of aryl methyl sites for hydroxylation is 1. The van der Waals surface area contributed by atoms with Gasteiger partial charge in [0.05, 0.1) is 11.5 Å². The Labute approximate surface area is 133 Å². The third-order valence-electron chi connectivity index (χ3n) is 3.25. The van der Waals surface area contributed by atoms with Crippen molar-refractivity contribution in [2.75, 3.05) is 5.32 Å². The molecule has 2 aromatic carbocycles. The average molecular weight is 312 g/mol. The lowest BCUT2D eigenvalue weighted by Crippen LogP contribution is -2.09. The number of rotatable bonds is 5. The molecule has 6 heteroatoms. The minimum atomic E-state index is -0.485. The Morgan fingerprint density at radius 3 is 2.78 bits per heavy atom. The molecule has 2 aromatic rings. The molecular weight excluding hydrogens is 296 g/mol. The number of aliphatic hydroxyl groups excluding tert-OH is 1. The quantitative estimate of drug-likeness (QED) is 0.504. The van der Waals surface area contributed by atoms with Crippen LogP contribution in [0.25, 0.3) is 6.08 Å². The number of anilines is 1. The lowest BCUT2D eigenvalue weighted by molar-refractivity contribution is -0.384. The molecule has 0 saturated heterocycles. The molecule has 118 valence electrons. The van der Waals surface area contributed by atoms with Gasteiger partial charge in [0.15, 0.2) is 0 Å². The molecule has 0 unspecified atom stereocenters. The van der Waals surface area contributed by atoms with Crippen molar-refractivity contribution in [1.29, 1.82) is 0 Å². The van der Waals surface area contributed by atoms with Gasteiger partial charge in [-0.15, -0.1) is 0 Å². The van der Waals surface area contributed by atoms with Gasteiger partial charge >= 0.3 is 0 Å². The van der Waals surface area contributed by atoms with Gasteiger partial charge in [0.1, 0.15) is 0 Å². The number of aliphatic hydroxyl groups is 1. The summed E-state index contributed by atoms with van der Waals surface area (Å²) in [6, 6.07) is 11.3. The van der Waals surface area contributed by atoms with E-state index < -0.39 is 4.92 Å². The molecule has 0 spiro atoms. The van der Waals surface area contributed by atoms with E-state index in [1.54, 1.807) is 24.3 Å². The molecule has 0 atom stereocenters. The third-order valence-corrected chi connectivity index (χ3v) is 3.25. The zero-order chi connectivity index (χ0) is 16.8. The van der Waals surface area contributed by atoms with Gasteiger partial charge in [0.2, 0.25) is 5.91 Å². The van der Waals surface area contributed by atoms with Crippen molar-refractivity contribution < 1.29 is 14.8 Å². The molecular formula is C17H16N2O4. The fourth-order valence-electron chi connectivity index (χ4n) is 1.99. The number of carbonyl (C=O) groups is 1. The smallest absolute Gasteiger partial charge is 0.270 e. The Morgan fingerprint density at radius 1 is 1.30 bits per heavy atom. The first kappa shape index (κ1) is 16.4. The number of amides is 1. The number of nitrogens with one attached hydrogen (secondary N) is 1. The van der Waals surface area contributed by atoms with Crippen LogP contribution in [0.1, 0.15) is 16.7 Å². The van der Waals surface area contributed by atoms with E-state index in [4.69, 9.17) is 5.11 Å². The number of benzene rings is 2. The molecule has 6 nitrogen and oxygen atoms in total.